The van der Waals surface area contributed by atoms with Crippen molar-refractivity contribution >= 4 is 5.91 Å². The molecular weight excluding hydrogens is 290 g/mol. The summed E-state index contributed by atoms with van der Waals surface area (Å²) in [5.41, 5.74) is 0.464. The molecule has 1 N–H and O–H groups in total. The molecule has 6 nitrogen and oxygen atoms in total. The lowest BCUT2D eigenvalue weighted by Crippen LogP contribution is -2.42. The van der Waals surface area contributed by atoms with Gasteiger partial charge in [-0.1, -0.05) is 24.5 Å². The molecule has 1 aromatic heterocycles. The minimum absolute atomic E-state index is 0.0709. The Morgan fingerprint density at radius 2 is 1.74 bits per heavy atom. The van der Waals surface area contributed by atoms with E-state index in [9.17, 15) is 4.79 Å². The van der Waals surface area contributed by atoms with Crippen LogP contribution in [0.25, 0.3) is 0 Å². The van der Waals surface area contributed by atoms with E-state index in [2.05, 4.69) is 20.5 Å². The van der Waals surface area contributed by atoms with Gasteiger partial charge in [0.15, 0.2) is 5.69 Å². The molecule has 0 bridgehead atoms. The topological polar surface area (TPSA) is 63.1 Å². The largest absolute Gasteiger partial charge is 0.348 e. The number of piperidine rings is 1. The quantitative estimate of drug-likeness (QED) is 0.924. The molecule has 0 radical (unpaired) electrons. The van der Waals surface area contributed by atoms with Crippen molar-refractivity contribution in [2.24, 2.45) is 0 Å². The van der Waals surface area contributed by atoms with E-state index in [1.165, 1.54) is 32.1 Å². The van der Waals surface area contributed by atoms with E-state index in [4.69, 9.17) is 0 Å². The van der Waals surface area contributed by atoms with Gasteiger partial charge in [0.1, 0.15) is 0 Å². The lowest BCUT2D eigenvalue weighted by molar-refractivity contribution is 0.0945. The molecule has 1 amide bonds. The summed E-state index contributed by atoms with van der Waals surface area (Å²) in [6.45, 7) is 2.30. The summed E-state index contributed by atoms with van der Waals surface area (Å²) in [7, 11) is 0. The van der Waals surface area contributed by atoms with Gasteiger partial charge in [0.2, 0.25) is 0 Å². The fourth-order valence-electron chi connectivity index (χ4n) is 4.01. The summed E-state index contributed by atoms with van der Waals surface area (Å²) in [5.74, 6) is -0.0709. The summed E-state index contributed by atoms with van der Waals surface area (Å²) in [4.78, 5) is 14.7. The average molecular weight is 317 g/mol. The van der Waals surface area contributed by atoms with Crippen molar-refractivity contribution in [2.45, 2.75) is 75.9 Å². The molecular formula is C17H27N5O. The van der Waals surface area contributed by atoms with Crippen LogP contribution in [0.15, 0.2) is 6.20 Å². The smallest absolute Gasteiger partial charge is 0.273 e. The van der Waals surface area contributed by atoms with E-state index < -0.39 is 0 Å². The molecule has 2 saturated carbocycles. The van der Waals surface area contributed by atoms with Gasteiger partial charge in [-0.05, 0) is 38.5 Å². The van der Waals surface area contributed by atoms with E-state index >= 15 is 0 Å². The monoisotopic (exact) mass is 317 g/mol. The van der Waals surface area contributed by atoms with Crippen LogP contribution in [-0.2, 0) is 0 Å². The number of aromatic nitrogens is 3. The molecule has 4 rings (SSSR count). The number of amides is 1. The van der Waals surface area contributed by atoms with Crippen molar-refractivity contribution in [3.8, 4) is 0 Å². The van der Waals surface area contributed by atoms with Gasteiger partial charge in [-0.25, -0.2) is 4.68 Å². The van der Waals surface area contributed by atoms with Gasteiger partial charge in [0.25, 0.3) is 5.91 Å². The third-order valence-electron chi connectivity index (χ3n) is 5.62. The zero-order valence-corrected chi connectivity index (χ0v) is 13.8. The third-order valence-corrected chi connectivity index (χ3v) is 5.62. The molecule has 1 aromatic rings. The van der Waals surface area contributed by atoms with Crippen molar-refractivity contribution < 1.29 is 4.79 Å². The number of likely N-dealkylation sites (tertiary alicyclic amines) is 1. The Morgan fingerprint density at radius 1 is 1.00 bits per heavy atom. The molecule has 0 spiro atoms. The zero-order valence-electron chi connectivity index (χ0n) is 13.8. The maximum atomic E-state index is 12.0. The van der Waals surface area contributed by atoms with Crippen molar-refractivity contribution in [3.63, 3.8) is 0 Å². The van der Waals surface area contributed by atoms with Gasteiger partial charge >= 0.3 is 0 Å². The number of hydrogen-bond donors (Lipinski definition) is 1. The lowest BCUT2D eigenvalue weighted by Gasteiger charge is -2.39. The van der Waals surface area contributed by atoms with Crippen LogP contribution < -0.4 is 5.32 Å². The second kappa shape index (κ2) is 6.59. The van der Waals surface area contributed by atoms with Crippen molar-refractivity contribution in [3.05, 3.63) is 11.9 Å². The lowest BCUT2D eigenvalue weighted by atomic mass is 9.92. The average Bonchev–Trinajstić information content (AvgIpc) is 3.27. The van der Waals surface area contributed by atoms with Crippen LogP contribution in [0.4, 0.5) is 0 Å². The Balaban J connectivity index is 1.31. The van der Waals surface area contributed by atoms with Crippen LogP contribution in [-0.4, -0.2) is 51.0 Å². The van der Waals surface area contributed by atoms with Gasteiger partial charge in [-0.3, -0.25) is 4.79 Å². The summed E-state index contributed by atoms with van der Waals surface area (Å²) in [6.07, 6.45) is 13.2. The fraction of sp³-hybridized carbons (Fsp3) is 0.824. The van der Waals surface area contributed by atoms with Gasteiger partial charge < -0.3 is 10.2 Å². The Kier molecular flexibility index (Phi) is 4.33. The minimum atomic E-state index is -0.0709. The van der Waals surface area contributed by atoms with E-state index in [-0.39, 0.29) is 5.91 Å². The maximum absolute atomic E-state index is 12.0. The standard InChI is InChI=1S/C17H27N5O/c23-17(18-13-6-7-13)16-12-22(20-19-16)15-8-10-21(11-9-15)14-4-2-1-3-5-14/h12-15H,1-11H2,(H,18,23). The molecule has 0 unspecified atom stereocenters. The molecule has 23 heavy (non-hydrogen) atoms. The first kappa shape index (κ1) is 15.1. The number of carbonyl (C=O) groups excluding carboxylic acids is 1. The summed E-state index contributed by atoms with van der Waals surface area (Å²) in [5, 5.41) is 11.3. The van der Waals surface area contributed by atoms with Crippen LogP contribution in [0.1, 0.15) is 74.3 Å². The van der Waals surface area contributed by atoms with Crippen molar-refractivity contribution in [2.75, 3.05) is 13.1 Å². The molecule has 1 saturated heterocycles. The van der Waals surface area contributed by atoms with Gasteiger partial charge in [-0.2, -0.15) is 0 Å². The van der Waals surface area contributed by atoms with E-state index in [1.807, 2.05) is 10.9 Å². The highest BCUT2D eigenvalue weighted by atomic mass is 16.2. The number of rotatable bonds is 4. The predicted molar refractivity (Wildman–Crippen MR) is 87.2 cm³/mol. The van der Waals surface area contributed by atoms with Gasteiger partial charge in [0.05, 0.1) is 12.2 Å². The molecule has 0 aromatic carbocycles. The normalized spacial score (nSPS) is 24.7. The highest BCUT2D eigenvalue weighted by Gasteiger charge is 2.29. The highest BCUT2D eigenvalue weighted by Crippen LogP contribution is 2.28. The molecule has 2 aliphatic carbocycles. The molecule has 1 aliphatic heterocycles. The Hall–Kier alpha value is -1.43. The molecule has 3 fully saturated rings. The van der Waals surface area contributed by atoms with E-state index in [0.717, 1.165) is 44.8 Å². The highest BCUT2D eigenvalue weighted by molar-refractivity contribution is 5.92. The first-order chi connectivity index (χ1) is 11.3. The van der Waals surface area contributed by atoms with Crippen LogP contribution in [0.2, 0.25) is 0 Å². The van der Waals surface area contributed by atoms with Gasteiger partial charge in [-0.15, -0.1) is 5.10 Å². The Bertz CT molecular complexity index is 539. The minimum Gasteiger partial charge on any atom is -0.348 e. The van der Waals surface area contributed by atoms with Crippen molar-refractivity contribution in [1.82, 2.24) is 25.2 Å². The summed E-state index contributed by atoms with van der Waals surface area (Å²) >= 11 is 0. The predicted octanol–water partition coefficient (Wildman–Crippen LogP) is 2.14. The summed E-state index contributed by atoms with van der Waals surface area (Å²) < 4.78 is 1.92. The molecule has 126 valence electrons. The van der Waals surface area contributed by atoms with Crippen LogP contribution in [0, 0.1) is 0 Å². The van der Waals surface area contributed by atoms with Crippen LogP contribution in [0.3, 0.4) is 0 Å². The third kappa shape index (κ3) is 3.57. The van der Waals surface area contributed by atoms with Gasteiger partial charge in [0, 0.05) is 25.2 Å². The molecule has 0 atom stereocenters. The SMILES string of the molecule is O=C(NC1CC1)c1cn(C2CCN(C3CCCCC3)CC2)nn1. The van der Waals surface area contributed by atoms with Crippen LogP contribution in [0.5, 0.6) is 0 Å². The second-order valence-corrected chi connectivity index (χ2v) is 7.39. The molecule has 2 heterocycles. The zero-order chi connectivity index (χ0) is 15.6. The number of nitrogens with one attached hydrogen (secondary N) is 1. The van der Waals surface area contributed by atoms with E-state index in [1.54, 1.807) is 0 Å². The Labute approximate surface area is 137 Å². The number of carbonyl (C=O) groups is 1. The number of nitrogens with zero attached hydrogens (tertiary/aromatic N) is 4. The first-order valence-corrected chi connectivity index (χ1v) is 9.26. The van der Waals surface area contributed by atoms with Crippen molar-refractivity contribution in [1.29, 1.82) is 0 Å². The molecule has 3 aliphatic rings. The Morgan fingerprint density at radius 3 is 2.43 bits per heavy atom. The second-order valence-electron chi connectivity index (χ2n) is 7.39. The van der Waals surface area contributed by atoms with E-state index in [0.29, 0.717) is 17.8 Å². The van der Waals surface area contributed by atoms with Crippen LogP contribution >= 0.6 is 0 Å². The fourth-order valence-corrected chi connectivity index (χ4v) is 4.01. The number of hydrogen-bond acceptors (Lipinski definition) is 4. The first-order valence-electron chi connectivity index (χ1n) is 9.26. The maximum Gasteiger partial charge on any atom is 0.273 e. The molecule has 6 heteroatoms. The summed E-state index contributed by atoms with van der Waals surface area (Å²) in [6, 6.07) is 1.57.